The van der Waals surface area contributed by atoms with Crippen molar-refractivity contribution in [3.8, 4) is 17.2 Å². The van der Waals surface area contributed by atoms with Crippen LogP contribution in [0.5, 0.6) is 17.2 Å². The normalized spacial score (nSPS) is 13.6. The lowest BCUT2D eigenvalue weighted by Gasteiger charge is -2.34. The van der Waals surface area contributed by atoms with Crippen LogP contribution >= 0.6 is 0 Å². The van der Waals surface area contributed by atoms with Gasteiger partial charge in [0.1, 0.15) is 17.2 Å². The molecule has 2 aromatic carbocycles. The van der Waals surface area contributed by atoms with Crippen molar-refractivity contribution in [2.24, 2.45) is 0 Å². The molecule has 0 aliphatic carbocycles. The number of hydrogen-bond donors (Lipinski definition) is 0. The van der Waals surface area contributed by atoms with E-state index in [1.54, 1.807) is 21.9 Å². The van der Waals surface area contributed by atoms with Crippen molar-refractivity contribution < 1.29 is 23.8 Å². The summed E-state index contributed by atoms with van der Waals surface area (Å²) in [6.45, 7) is 4.93. The molecule has 1 aliphatic heterocycles. The number of amides is 2. The van der Waals surface area contributed by atoms with Gasteiger partial charge in [-0.3, -0.25) is 9.59 Å². The molecular weight excluding hydrogens is 384 g/mol. The van der Waals surface area contributed by atoms with E-state index in [0.29, 0.717) is 51.6 Å². The average Bonchev–Trinajstić information content (AvgIpc) is 2.79. The van der Waals surface area contributed by atoms with Gasteiger partial charge in [0.25, 0.3) is 5.91 Å². The Morgan fingerprint density at radius 2 is 1.27 bits per heavy atom. The predicted octanol–water partition coefficient (Wildman–Crippen LogP) is 2.60. The Hall–Kier alpha value is -3.22. The molecule has 7 heteroatoms. The highest BCUT2D eigenvalue weighted by molar-refractivity contribution is 5.79. The molecule has 1 aliphatic rings. The number of hydrogen-bond acceptors (Lipinski definition) is 5. The molecule has 1 fully saturated rings. The van der Waals surface area contributed by atoms with Gasteiger partial charge < -0.3 is 24.0 Å². The molecule has 0 unspecified atom stereocenters. The van der Waals surface area contributed by atoms with Crippen LogP contribution in [-0.4, -0.2) is 67.6 Å². The summed E-state index contributed by atoms with van der Waals surface area (Å²) in [5, 5.41) is 0. The second-order valence-corrected chi connectivity index (χ2v) is 6.87. The molecule has 0 radical (unpaired) electrons. The zero-order valence-electron chi connectivity index (χ0n) is 17.3. The van der Waals surface area contributed by atoms with Crippen LogP contribution in [0.25, 0.3) is 0 Å². The van der Waals surface area contributed by atoms with Gasteiger partial charge in [-0.05, 0) is 43.3 Å². The van der Waals surface area contributed by atoms with Gasteiger partial charge in [-0.25, -0.2) is 0 Å². The monoisotopic (exact) mass is 412 g/mol. The van der Waals surface area contributed by atoms with Crippen LogP contribution in [-0.2, 0) is 9.59 Å². The van der Waals surface area contributed by atoms with Gasteiger partial charge >= 0.3 is 0 Å². The van der Waals surface area contributed by atoms with Crippen LogP contribution in [0.2, 0.25) is 0 Å². The maximum atomic E-state index is 12.4. The highest BCUT2D eigenvalue weighted by atomic mass is 16.5. The number of rotatable bonds is 9. The molecule has 30 heavy (non-hydrogen) atoms. The van der Waals surface area contributed by atoms with Gasteiger partial charge in [-0.2, -0.15) is 0 Å². The third-order valence-electron chi connectivity index (χ3n) is 4.81. The van der Waals surface area contributed by atoms with Crippen molar-refractivity contribution in [2.75, 3.05) is 46.0 Å². The Kier molecular flexibility index (Phi) is 7.94. The van der Waals surface area contributed by atoms with Crippen LogP contribution < -0.4 is 14.2 Å². The molecular formula is C23H28N2O5. The summed E-state index contributed by atoms with van der Waals surface area (Å²) in [5.41, 5.74) is 0. The van der Waals surface area contributed by atoms with Crippen LogP contribution in [0.4, 0.5) is 0 Å². The van der Waals surface area contributed by atoms with Crippen LogP contribution in [0.15, 0.2) is 54.6 Å². The molecule has 1 saturated heterocycles. The first-order chi connectivity index (χ1) is 14.7. The molecule has 0 atom stereocenters. The van der Waals surface area contributed by atoms with Crippen molar-refractivity contribution in [3.63, 3.8) is 0 Å². The highest BCUT2D eigenvalue weighted by Crippen LogP contribution is 2.17. The van der Waals surface area contributed by atoms with E-state index in [0.717, 1.165) is 11.5 Å². The fraction of sp³-hybridized carbons (Fsp3) is 0.391. The maximum Gasteiger partial charge on any atom is 0.260 e. The first-order valence-corrected chi connectivity index (χ1v) is 10.2. The minimum atomic E-state index is -0.0802. The first kappa shape index (κ1) is 21.5. The van der Waals surface area contributed by atoms with Crippen molar-refractivity contribution in [3.05, 3.63) is 54.6 Å². The van der Waals surface area contributed by atoms with Crippen LogP contribution in [0, 0.1) is 0 Å². The standard InChI is InChI=1S/C23H28N2O5/c1-2-28-20-8-10-21(11-9-20)30-18-23(27)25-15-13-24(14-16-25)22(26)12-17-29-19-6-4-3-5-7-19/h3-11H,2,12-18H2,1H3. The Balaban J connectivity index is 1.34. The molecule has 0 saturated carbocycles. The summed E-state index contributed by atoms with van der Waals surface area (Å²) in [4.78, 5) is 28.3. The van der Waals surface area contributed by atoms with Gasteiger partial charge in [-0.15, -0.1) is 0 Å². The molecule has 2 amide bonds. The van der Waals surface area contributed by atoms with E-state index in [1.807, 2.05) is 49.4 Å². The van der Waals surface area contributed by atoms with E-state index in [9.17, 15) is 9.59 Å². The third-order valence-corrected chi connectivity index (χ3v) is 4.81. The van der Waals surface area contributed by atoms with Crippen molar-refractivity contribution >= 4 is 11.8 Å². The highest BCUT2D eigenvalue weighted by Gasteiger charge is 2.24. The van der Waals surface area contributed by atoms with E-state index in [4.69, 9.17) is 14.2 Å². The third kappa shape index (κ3) is 6.40. The minimum absolute atomic E-state index is 0.0210. The quantitative estimate of drug-likeness (QED) is 0.633. The Morgan fingerprint density at radius 1 is 0.733 bits per heavy atom. The topological polar surface area (TPSA) is 68.3 Å². The molecule has 160 valence electrons. The number of para-hydroxylation sites is 1. The lowest BCUT2D eigenvalue weighted by atomic mass is 10.2. The van der Waals surface area contributed by atoms with E-state index < -0.39 is 0 Å². The molecule has 0 N–H and O–H groups in total. The van der Waals surface area contributed by atoms with Gasteiger partial charge in [0.15, 0.2) is 6.61 Å². The molecule has 0 bridgehead atoms. The molecule has 1 heterocycles. The summed E-state index contributed by atoms with van der Waals surface area (Å²) in [6, 6.07) is 16.6. The Morgan fingerprint density at radius 3 is 1.87 bits per heavy atom. The number of piperazine rings is 1. The minimum Gasteiger partial charge on any atom is -0.494 e. The van der Waals surface area contributed by atoms with Crippen LogP contribution in [0.3, 0.4) is 0 Å². The van der Waals surface area contributed by atoms with Gasteiger partial charge in [-0.1, -0.05) is 18.2 Å². The number of ether oxygens (including phenoxy) is 3. The summed E-state index contributed by atoms with van der Waals surface area (Å²) in [7, 11) is 0. The fourth-order valence-electron chi connectivity index (χ4n) is 3.17. The fourth-order valence-corrected chi connectivity index (χ4v) is 3.17. The number of carbonyl (C=O) groups excluding carboxylic acids is 2. The molecule has 3 rings (SSSR count). The zero-order chi connectivity index (χ0) is 21.2. The first-order valence-electron chi connectivity index (χ1n) is 10.2. The van der Waals surface area contributed by atoms with Gasteiger partial charge in [0, 0.05) is 26.2 Å². The van der Waals surface area contributed by atoms with Crippen molar-refractivity contribution in [2.45, 2.75) is 13.3 Å². The van der Waals surface area contributed by atoms with Gasteiger partial charge in [0.2, 0.25) is 5.91 Å². The number of benzene rings is 2. The van der Waals surface area contributed by atoms with E-state index in [2.05, 4.69) is 0 Å². The zero-order valence-corrected chi connectivity index (χ0v) is 17.3. The molecule has 2 aromatic rings. The lowest BCUT2D eigenvalue weighted by Crippen LogP contribution is -2.51. The summed E-state index contributed by atoms with van der Waals surface area (Å²) < 4.78 is 16.6. The van der Waals surface area contributed by atoms with Crippen molar-refractivity contribution in [1.29, 1.82) is 0 Å². The smallest absolute Gasteiger partial charge is 0.260 e. The molecule has 7 nitrogen and oxygen atoms in total. The summed E-state index contributed by atoms with van der Waals surface area (Å²) >= 11 is 0. The summed E-state index contributed by atoms with van der Waals surface area (Å²) in [6.07, 6.45) is 0.323. The molecule has 0 aromatic heterocycles. The van der Waals surface area contributed by atoms with E-state index >= 15 is 0 Å². The molecule has 0 spiro atoms. The predicted molar refractivity (Wildman–Crippen MR) is 113 cm³/mol. The van der Waals surface area contributed by atoms with Gasteiger partial charge in [0.05, 0.1) is 19.6 Å². The van der Waals surface area contributed by atoms with E-state index in [1.165, 1.54) is 0 Å². The maximum absolute atomic E-state index is 12.4. The SMILES string of the molecule is CCOc1ccc(OCC(=O)N2CCN(C(=O)CCOc3ccccc3)CC2)cc1. The second kappa shape index (κ2) is 11.1. The number of nitrogens with zero attached hydrogens (tertiary/aromatic N) is 2. The largest absolute Gasteiger partial charge is 0.494 e. The van der Waals surface area contributed by atoms with Crippen LogP contribution in [0.1, 0.15) is 13.3 Å². The summed E-state index contributed by atoms with van der Waals surface area (Å²) in [5.74, 6) is 2.12. The average molecular weight is 412 g/mol. The van der Waals surface area contributed by atoms with Crippen molar-refractivity contribution in [1.82, 2.24) is 9.80 Å². The Bertz CT molecular complexity index is 802. The number of carbonyl (C=O) groups is 2. The Labute approximate surface area is 177 Å². The van der Waals surface area contributed by atoms with E-state index in [-0.39, 0.29) is 18.4 Å². The second-order valence-electron chi connectivity index (χ2n) is 6.87. The lowest BCUT2D eigenvalue weighted by molar-refractivity contribution is -0.141.